The summed E-state index contributed by atoms with van der Waals surface area (Å²) in [4.78, 5) is 107. The summed E-state index contributed by atoms with van der Waals surface area (Å²) in [7, 11) is -5.54. The van der Waals surface area contributed by atoms with Crippen LogP contribution in [0.25, 0.3) is 0 Å². The molecule has 1 aliphatic heterocycles. The molecular formula is C95H179N2O21P. The van der Waals surface area contributed by atoms with Crippen LogP contribution >= 0.6 is 7.82 Å². The fraction of sp³-hybridized carbons (Fsp3) is 0.937. The summed E-state index contributed by atoms with van der Waals surface area (Å²) < 4.78 is 56.1. The summed E-state index contributed by atoms with van der Waals surface area (Å²) in [6.45, 7) is 11.6. The molecule has 2 amide bonds. The average molecular weight is 1720 g/mol. The first-order chi connectivity index (χ1) is 57.6. The smallest absolute Gasteiger partial charge is 0.462 e. The Balaban J connectivity index is 2.73. The number of esters is 4. The molecule has 0 bridgehead atoms. The van der Waals surface area contributed by atoms with Crippen LogP contribution in [0.4, 0.5) is 0 Å². The highest BCUT2D eigenvalue weighted by atomic mass is 31.2. The molecule has 14 atom stereocenters. The summed E-state index contributed by atoms with van der Waals surface area (Å²) in [6, 6.07) is -3.21. The lowest BCUT2D eigenvalue weighted by molar-refractivity contribution is -0.266. The van der Waals surface area contributed by atoms with Gasteiger partial charge in [-0.15, -0.1) is 0 Å². The molecule has 2 rings (SSSR count). The van der Waals surface area contributed by atoms with E-state index in [4.69, 9.17) is 32.9 Å². The van der Waals surface area contributed by atoms with Crippen molar-refractivity contribution in [1.29, 1.82) is 0 Å². The number of aliphatic hydroxyl groups is 5. The van der Waals surface area contributed by atoms with Crippen molar-refractivity contribution >= 4 is 43.5 Å². The van der Waals surface area contributed by atoms with Gasteiger partial charge in [0.2, 0.25) is 11.8 Å². The SMILES string of the molecule is CCCCCCCCCCCCCC(=O)O[C@H](CCCCCCCCCCC)CC(=O)O[C@@H]1C(NC(=O)C[C@@H](CCCCCCCCCCC)OC(=O)CCCCCCCCCCC)[C@H](OCC2OC(O)C(NC(=O)C[C@H](O)CCCCCCCCCCC)[C@@H](OC(=O)C[C@H](O)CCCCCCCCCCC)[C@@H]2O)CC(CO)[C@H]1OP(=O)(O)O. The zero-order valence-corrected chi connectivity index (χ0v) is 77.1. The number of ether oxygens (including phenoxy) is 6. The Hall–Kier alpha value is -3.35. The minimum Gasteiger partial charge on any atom is -0.462 e. The molecule has 1 heterocycles. The second kappa shape index (κ2) is 74.9. The van der Waals surface area contributed by atoms with Crippen molar-refractivity contribution in [3.63, 3.8) is 0 Å². The number of hydrogen-bond acceptors (Lipinski definition) is 19. The molecular weight excluding hydrogens is 1540 g/mol. The quantitative estimate of drug-likeness (QED) is 0.0118. The number of nitrogens with one attached hydrogen (secondary N) is 2. The summed E-state index contributed by atoms with van der Waals surface area (Å²) in [5, 5.41) is 63.6. The van der Waals surface area contributed by atoms with E-state index in [0.717, 1.165) is 186 Å². The summed E-state index contributed by atoms with van der Waals surface area (Å²) in [5.74, 6) is -5.63. The van der Waals surface area contributed by atoms with E-state index in [1.54, 1.807) is 0 Å². The number of carbonyl (C=O) groups excluding carboxylic acids is 6. The van der Waals surface area contributed by atoms with Crippen LogP contribution in [-0.4, -0.2) is 164 Å². The van der Waals surface area contributed by atoms with Gasteiger partial charge < -0.3 is 74.4 Å². The number of hydrogen-bond donors (Lipinski definition) is 9. The highest BCUT2D eigenvalue weighted by Crippen LogP contribution is 2.45. The van der Waals surface area contributed by atoms with Crippen LogP contribution in [0.3, 0.4) is 0 Å². The van der Waals surface area contributed by atoms with Crippen molar-refractivity contribution in [2.75, 3.05) is 13.2 Å². The van der Waals surface area contributed by atoms with Gasteiger partial charge in [-0.1, -0.05) is 375 Å². The van der Waals surface area contributed by atoms with E-state index >= 15 is 4.79 Å². The lowest BCUT2D eigenvalue weighted by atomic mass is 9.79. The van der Waals surface area contributed by atoms with Gasteiger partial charge in [-0.3, -0.25) is 33.3 Å². The van der Waals surface area contributed by atoms with Gasteiger partial charge in [0, 0.05) is 25.4 Å². The molecule has 24 heteroatoms. The standard InChI is InChI=1S/C95H179N2O21P/c1-7-13-19-25-31-37-38-44-50-56-62-68-86(104)114-80(66-60-54-48-42-35-29-23-17-11-5)73-88(106)117-94-89(96-84(102)72-79(65-59-53-47-41-34-28-22-16-10-4)113-85(103)67-61-55-49-43-36-30-24-18-12-6)81(69-76(74-98)92(94)118-119(109,110)111)112-75-82-91(107)93(116-87(105)71-78(100)64-58-52-46-40-33-27-21-15-9-3)90(95(108)115-82)97-83(101)70-77(99)63-57-51-45-39-32-26-20-14-8-2/h76-82,89-95,98-100,107-108H,7-75H2,1-6H3,(H,96,102)(H,97,101)(H2,109,110,111)/t76?,77-,78-,79-,80-,81-,82?,89?,90?,91-,92-,93-,94-,95?/m1/s1. The van der Waals surface area contributed by atoms with Gasteiger partial charge >= 0.3 is 31.7 Å². The largest absolute Gasteiger partial charge is 0.469 e. The third-order valence-electron chi connectivity index (χ3n) is 24.2. The fourth-order valence-corrected chi connectivity index (χ4v) is 17.5. The summed E-state index contributed by atoms with van der Waals surface area (Å²) in [5.41, 5.74) is 0. The molecule has 5 unspecified atom stereocenters. The van der Waals surface area contributed by atoms with E-state index in [2.05, 4.69) is 52.2 Å². The molecule has 119 heavy (non-hydrogen) atoms. The Kier molecular flexibility index (Phi) is 70.3. The lowest BCUT2D eigenvalue weighted by Gasteiger charge is -2.47. The van der Waals surface area contributed by atoms with Crippen LogP contribution in [0.15, 0.2) is 0 Å². The number of rotatable bonds is 82. The molecule has 0 aromatic carbocycles. The van der Waals surface area contributed by atoms with Gasteiger partial charge in [0.05, 0.1) is 56.6 Å². The van der Waals surface area contributed by atoms with Crippen molar-refractivity contribution in [2.45, 2.75) is 551 Å². The number of phosphoric ester groups is 1. The Bertz CT molecular complexity index is 2510. The minimum atomic E-state index is -5.54. The van der Waals surface area contributed by atoms with E-state index in [-0.39, 0.29) is 25.7 Å². The fourth-order valence-electron chi connectivity index (χ4n) is 16.9. The Labute approximate surface area is 722 Å². The Morgan fingerprint density at radius 1 is 0.378 bits per heavy atom. The predicted octanol–water partition coefficient (Wildman–Crippen LogP) is 21.1. The van der Waals surface area contributed by atoms with E-state index in [1.807, 2.05) is 0 Å². The molecule has 0 aromatic heterocycles. The van der Waals surface area contributed by atoms with Crippen LogP contribution in [0.1, 0.15) is 472 Å². The van der Waals surface area contributed by atoms with Crippen molar-refractivity contribution in [1.82, 2.24) is 10.6 Å². The van der Waals surface area contributed by atoms with Crippen LogP contribution in [0.5, 0.6) is 0 Å². The number of aliphatic hydroxyl groups excluding tert-OH is 5. The Morgan fingerprint density at radius 3 is 1.06 bits per heavy atom. The average Bonchev–Trinajstić information content (AvgIpc) is 0.784. The molecule has 2 aliphatic rings. The highest BCUT2D eigenvalue weighted by molar-refractivity contribution is 7.46. The third kappa shape index (κ3) is 59.3. The van der Waals surface area contributed by atoms with Crippen LogP contribution in [-0.2, 0) is 66.3 Å². The molecule has 1 saturated heterocycles. The zero-order chi connectivity index (χ0) is 87.2. The maximum Gasteiger partial charge on any atom is 0.469 e. The van der Waals surface area contributed by atoms with Crippen LogP contribution in [0, 0.1) is 5.92 Å². The normalized spacial score (nSPS) is 20.5. The topological polar surface area (TPSA) is 350 Å². The van der Waals surface area contributed by atoms with Crippen LogP contribution < -0.4 is 10.6 Å². The lowest BCUT2D eigenvalue weighted by Crippen LogP contribution is -2.66. The van der Waals surface area contributed by atoms with E-state index < -0.39 is 161 Å². The molecule has 9 N–H and O–H groups in total. The maximum atomic E-state index is 15.2. The summed E-state index contributed by atoms with van der Waals surface area (Å²) >= 11 is 0. The van der Waals surface area contributed by atoms with Gasteiger partial charge in [-0.25, -0.2) is 4.57 Å². The third-order valence-corrected chi connectivity index (χ3v) is 24.7. The van der Waals surface area contributed by atoms with Gasteiger partial charge in [-0.05, 0) is 57.8 Å². The second-order valence-electron chi connectivity index (χ2n) is 35.4. The van der Waals surface area contributed by atoms with Gasteiger partial charge in [0.1, 0.15) is 36.6 Å². The van der Waals surface area contributed by atoms with Crippen molar-refractivity contribution < 1.29 is 102 Å². The van der Waals surface area contributed by atoms with Crippen molar-refractivity contribution in [3.8, 4) is 0 Å². The second-order valence-corrected chi connectivity index (χ2v) is 36.6. The molecule has 1 saturated carbocycles. The van der Waals surface area contributed by atoms with Gasteiger partial charge in [0.25, 0.3) is 0 Å². The minimum absolute atomic E-state index is 0.127. The first kappa shape index (κ1) is 112. The van der Waals surface area contributed by atoms with Crippen molar-refractivity contribution in [2.24, 2.45) is 5.92 Å². The molecule has 0 spiro atoms. The highest BCUT2D eigenvalue weighted by Gasteiger charge is 2.53. The monoisotopic (exact) mass is 1720 g/mol. The molecule has 2 fully saturated rings. The van der Waals surface area contributed by atoms with E-state index in [0.29, 0.717) is 64.2 Å². The van der Waals surface area contributed by atoms with E-state index in [1.165, 1.54) is 135 Å². The van der Waals surface area contributed by atoms with Gasteiger partial charge in [0.15, 0.2) is 18.5 Å². The number of amides is 2. The summed E-state index contributed by atoms with van der Waals surface area (Å²) in [6.07, 6.45) is 41.5. The van der Waals surface area contributed by atoms with E-state index in [9.17, 15) is 63.9 Å². The molecule has 23 nitrogen and oxygen atoms in total. The first-order valence-corrected chi connectivity index (χ1v) is 50.9. The predicted molar refractivity (Wildman–Crippen MR) is 473 cm³/mol. The molecule has 700 valence electrons. The number of unbranched alkanes of at least 4 members (excludes halogenated alkanes) is 50. The number of phosphoric acid groups is 1. The number of carbonyl (C=O) groups is 6. The molecule has 0 radical (unpaired) electrons. The zero-order valence-electron chi connectivity index (χ0n) is 76.2. The Morgan fingerprint density at radius 2 is 0.689 bits per heavy atom. The van der Waals surface area contributed by atoms with Gasteiger partial charge in [-0.2, -0.15) is 0 Å². The van der Waals surface area contributed by atoms with Crippen molar-refractivity contribution in [3.05, 3.63) is 0 Å². The maximum absolute atomic E-state index is 15.2. The first-order valence-electron chi connectivity index (χ1n) is 49.3. The van der Waals surface area contributed by atoms with Crippen LogP contribution in [0.2, 0.25) is 0 Å². The molecule has 1 aliphatic carbocycles. The molecule has 0 aromatic rings.